The molecule has 2 nitrogen and oxygen atoms in total. The highest BCUT2D eigenvalue weighted by atomic mass is 28.2. The molecule has 0 heterocycles. The second-order valence-electron chi connectivity index (χ2n) is 4.27. The molecular weight excluding hydrogens is 180 g/mol. The van der Waals surface area contributed by atoms with Crippen LogP contribution in [0.3, 0.4) is 0 Å². The van der Waals surface area contributed by atoms with E-state index in [-0.39, 0.29) is 5.97 Å². The van der Waals surface area contributed by atoms with Crippen LogP contribution < -0.4 is 0 Å². The van der Waals surface area contributed by atoms with E-state index in [2.05, 4.69) is 27.7 Å². The van der Waals surface area contributed by atoms with E-state index >= 15 is 0 Å². The van der Waals surface area contributed by atoms with E-state index in [9.17, 15) is 4.79 Å². The number of hydrogen-bond donors (Lipinski definition) is 0. The molecule has 0 aromatic carbocycles. The fraction of sp³-hybridized carbons (Fsp3) is 0.900. The first-order valence-corrected chi connectivity index (χ1v) is 5.87. The van der Waals surface area contributed by atoms with Crippen LogP contribution >= 0.6 is 0 Å². The van der Waals surface area contributed by atoms with Crippen LogP contribution in [0.1, 0.15) is 40.5 Å². The van der Waals surface area contributed by atoms with E-state index in [0.717, 1.165) is 6.42 Å². The molecule has 0 rings (SSSR count). The van der Waals surface area contributed by atoms with Gasteiger partial charge in [-0.3, -0.25) is 4.79 Å². The smallest absolute Gasteiger partial charge is 0.291 e. The standard InChI is InChI=1S/C10H22O2Si/c1-7(2)9(8(3)4)5-6-10(11)12-13/h7-9H,5-6H2,1-4,13H3. The molecule has 0 aliphatic carbocycles. The molecule has 3 heteroatoms. The van der Waals surface area contributed by atoms with E-state index in [4.69, 9.17) is 4.43 Å². The molecule has 0 spiro atoms. The third-order valence-corrected chi connectivity index (χ3v) is 3.08. The molecule has 0 saturated heterocycles. The second kappa shape index (κ2) is 6.19. The first kappa shape index (κ1) is 12.7. The van der Waals surface area contributed by atoms with Crippen LogP contribution in [0, 0.1) is 17.8 Å². The molecule has 13 heavy (non-hydrogen) atoms. The lowest BCUT2D eigenvalue weighted by Gasteiger charge is -2.24. The molecular formula is C10H22O2Si. The Hall–Kier alpha value is -0.313. The van der Waals surface area contributed by atoms with Crippen molar-refractivity contribution in [2.75, 3.05) is 0 Å². The summed E-state index contributed by atoms with van der Waals surface area (Å²) in [4.78, 5) is 11.0. The molecule has 78 valence electrons. The fourth-order valence-electron chi connectivity index (χ4n) is 1.82. The van der Waals surface area contributed by atoms with Gasteiger partial charge in [0, 0.05) is 6.42 Å². The molecule has 0 amide bonds. The topological polar surface area (TPSA) is 26.3 Å². The highest BCUT2D eigenvalue weighted by Gasteiger charge is 2.18. The maximum Gasteiger partial charge on any atom is 0.291 e. The van der Waals surface area contributed by atoms with Crippen molar-refractivity contribution in [3.8, 4) is 0 Å². The summed E-state index contributed by atoms with van der Waals surface area (Å²) in [6.07, 6.45) is 1.56. The van der Waals surface area contributed by atoms with Crippen molar-refractivity contribution in [2.24, 2.45) is 17.8 Å². The Morgan fingerprint density at radius 2 is 1.69 bits per heavy atom. The van der Waals surface area contributed by atoms with Crippen LogP contribution in [-0.4, -0.2) is 16.5 Å². The average Bonchev–Trinajstić information content (AvgIpc) is 2.03. The van der Waals surface area contributed by atoms with Gasteiger partial charge in [0.25, 0.3) is 5.97 Å². The van der Waals surface area contributed by atoms with Crippen LogP contribution in [0.15, 0.2) is 0 Å². The minimum Gasteiger partial charge on any atom is -0.529 e. The second-order valence-corrected chi connectivity index (χ2v) is 4.67. The molecule has 0 N–H and O–H groups in total. The third kappa shape index (κ3) is 5.08. The first-order valence-electron chi connectivity index (χ1n) is 5.05. The minimum atomic E-state index is -0.0297. The molecule has 0 aliphatic rings. The Balaban J connectivity index is 3.90. The normalized spacial score (nSPS) is 11.6. The lowest BCUT2D eigenvalue weighted by Crippen LogP contribution is -2.17. The Morgan fingerprint density at radius 1 is 1.23 bits per heavy atom. The highest BCUT2D eigenvalue weighted by molar-refractivity contribution is 6.05. The van der Waals surface area contributed by atoms with Crippen molar-refractivity contribution in [1.82, 2.24) is 0 Å². The van der Waals surface area contributed by atoms with Crippen LogP contribution in [-0.2, 0) is 9.22 Å². The van der Waals surface area contributed by atoms with E-state index in [1.807, 2.05) is 0 Å². The Kier molecular flexibility index (Phi) is 6.04. The monoisotopic (exact) mass is 202 g/mol. The van der Waals surface area contributed by atoms with E-state index in [1.165, 1.54) is 0 Å². The summed E-state index contributed by atoms with van der Waals surface area (Å²) in [5, 5.41) is 0. The Bertz CT molecular complexity index is 147. The lowest BCUT2D eigenvalue weighted by molar-refractivity contribution is -0.134. The first-order chi connectivity index (χ1) is 5.99. The van der Waals surface area contributed by atoms with Crippen LogP contribution in [0.2, 0.25) is 0 Å². The van der Waals surface area contributed by atoms with E-state index in [1.54, 1.807) is 0 Å². The van der Waals surface area contributed by atoms with Gasteiger partial charge in [-0.15, -0.1) is 0 Å². The average molecular weight is 202 g/mol. The summed E-state index contributed by atoms with van der Waals surface area (Å²) >= 11 is 0. The molecule has 0 fully saturated rings. The summed E-state index contributed by atoms with van der Waals surface area (Å²) in [6.45, 7) is 8.88. The molecule has 0 aromatic heterocycles. The maximum absolute atomic E-state index is 11.0. The highest BCUT2D eigenvalue weighted by Crippen LogP contribution is 2.25. The van der Waals surface area contributed by atoms with Crippen LogP contribution in [0.25, 0.3) is 0 Å². The minimum absolute atomic E-state index is 0.0297. The molecule has 0 aromatic rings. The van der Waals surface area contributed by atoms with Crippen molar-refractivity contribution < 1.29 is 9.22 Å². The van der Waals surface area contributed by atoms with Gasteiger partial charge in [0.15, 0.2) is 0 Å². The summed E-state index contributed by atoms with van der Waals surface area (Å²) in [5.41, 5.74) is 0. The van der Waals surface area contributed by atoms with Crippen molar-refractivity contribution >= 4 is 16.5 Å². The summed E-state index contributed by atoms with van der Waals surface area (Å²) in [5.74, 6) is 1.92. The fourth-order valence-corrected chi connectivity index (χ4v) is 2.03. The van der Waals surface area contributed by atoms with Gasteiger partial charge in [-0.25, -0.2) is 0 Å². The Labute approximate surface area is 84.6 Å². The van der Waals surface area contributed by atoms with Crippen molar-refractivity contribution in [3.63, 3.8) is 0 Å². The summed E-state index contributed by atoms with van der Waals surface area (Å²) in [7, 11) is 0.526. The molecule has 0 aliphatic heterocycles. The summed E-state index contributed by atoms with van der Waals surface area (Å²) in [6, 6.07) is 0. The van der Waals surface area contributed by atoms with Gasteiger partial charge in [-0.05, 0) is 24.2 Å². The molecule has 0 atom stereocenters. The largest absolute Gasteiger partial charge is 0.529 e. The quantitative estimate of drug-likeness (QED) is 0.632. The number of hydrogen-bond acceptors (Lipinski definition) is 2. The van der Waals surface area contributed by atoms with E-state index < -0.39 is 0 Å². The van der Waals surface area contributed by atoms with Crippen molar-refractivity contribution in [1.29, 1.82) is 0 Å². The number of carbonyl (C=O) groups excluding carboxylic acids is 1. The van der Waals surface area contributed by atoms with Crippen LogP contribution in [0.5, 0.6) is 0 Å². The zero-order valence-corrected chi connectivity index (χ0v) is 11.5. The van der Waals surface area contributed by atoms with Gasteiger partial charge in [-0.1, -0.05) is 27.7 Å². The van der Waals surface area contributed by atoms with Gasteiger partial charge >= 0.3 is 0 Å². The molecule has 0 unspecified atom stereocenters. The van der Waals surface area contributed by atoms with Gasteiger partial charge in [0.1, 0.15) is 0 Å². The third-order valence-electron chi connectivity index (χ3n) is 2.62. The molecule has 0 saturated carbocycles. The number of rotatable bonds is 5. The van der Waals surface area contributed by atoms with Gasteiger partial charge < -0.3 is 4.43 Å². The van der Waals surface area contributed by atoms with E-state index in [0.29, 0.717) is 34.7 Å². The zero-order valence-electron chi connectivity index (χ0n) is 9.46. The van der Waals surface area contributed by atoms with Gasteiger partial charge in [0.2, 0.25) is 10.5 Å². The Morgan fingerprint density at radius 3 is 2.00 bits per heavy atom. The maximum atomic E-state index is 11.0. The van der Waals surface area contributed by atoms with Gasteiger partial charge in [0.05, 0.1) is 0 Å². The number of carbonyl (C=O) groups is 1. The lowest BCUT2D eigenvalue weighted by atomic mass is 9.82. The predicted octanol–water partition coefficient (Wildman–Crippen LogP) is 1.52. The van der Waals surface area contributed by atoms with Crippen LogP contribution in [0.4, 0.5) is 0 Å². The zero-order chi connectivity index (χ0) is 10.4. The summed E-state index contributed by atoms with van der Waals surface area (Å²) < 4.78 is 4.76. The van der Waals surface area contributed by atoms with Gasteiger partial charge in [-0.2, -0.15) is 0 Å². The van der Waals surface area contributed by atoms with Crippen molar-refractivity contribution in [3.05, 3.63) is 0 Å². The molecule has 0 bridgehead atoms. The predicted molar refractivity (Wildman–Crippen MR) is 58.4 cm³/mol. The molecule has 0 radical (unpaired) electrons. The van der Waals surface area contributed by atoms with Crippen molar-refractivity contribution in [2.45, 2.75) is 40.5 Å². The SMILES string of the molecule is CC(C)C(CCC(=O)O[SiH3])C(C)C.